The molecule has 0 saturated carbocycles. The van der Waals surface area contributed by atoms with Gasteiger partial charge in [-0.05, 0) is 30.5 Å². The largest absolute Gasteiger partial charge is 0.480 e. The molecule has 0 spiro atoms. The van der Waals surface area contributed by atoms with Crippen molar-refractivity contribution >= 4 is 12.1 Å². The third-order valence-electron chi connectivity index (χ3n) is 4.82. The number of rotatable bonds is 7. The summed E-state index contributed by atoms with van der Waals surface area (Å²) in [4.78, 5) is 31.5. The highest BCUT2D eigenvalue weighted by molar-refractivity contribution is 5.70. The number of nitriles is 1. The van der Waals surface area contributed by atoms with E-state index in [1.54, 1.807) is 29.2 Å². The number of para-hydroxylation sites is 1. The molecule has 0 aliphatic carbocycles. The molecule has 8 heteroatoms. The molecule has 8 nitrogen and oxygen atoms in total. The number of amides is 1. The fourth-order valence-corrected chi connectivity index (χ4v) is 3.37. The Kier molecular flexibility index (Phi) is 7.38. The quantitative estimate of drug-likeness (QED) is 0.701. The summed E-state index contributed by atoms with van der Waals surface area (Å²) in [5, 5.41) is 19.7. The lowest BCUT2D eigenvalue weighted by molar-refractivity contribution is -0.176. The van der Waals surface area contributed by atoms with Gasteiger partial charge in [0.05, 0.1) is 24.7 Å². The van der Waals surface area contributed by atoms with Crippen LogP contribution in [0.15, 0.2) is 60.7 Å². The van der Waals surface area contributed by atoms with E-state index in [4.69, 9.17) is 9.57 Å². The molecule has 3 rings (SSSR count). The Labute approximate surface area is 174 Å². The van der Waals surface area contributed by atoms with Crippen LogP contribution in [0.5, 0.6) is 5.75 Å². The van der Waals surface area contributed by atoms with Gasteiger partial charge in [0, 0.05) is 6.54 Å². The van der Waals surface area contributed by atoms with E-state index in [-0.39, 0.29) is 19.7 Å². The van der Waals surface area contributed by atoms with Gasteiger partial charge in [-0.25, -0.2) is 4.79 Å². The molecule has 0 aromatic heterocycles. The molecule has 0 unspecified atom stereocenters. The number of carbonyl (C=O) groups excluding carboxylic acids is 1. The number of ether oxygens (including phenoxy) is 1. The summed E-state index contributed by atoms with van der Waals surface area (Å²) in [6.45, 7) is 0.0695. The van der Waals surface area contributed by atoms with Crippen molar-refractivity contribution in [1.82, 2.24) is 9.96 Å². The van der Waals surface area contributed by atoms with Crippen molar-refractivity contribution < 1.29 is 24.3 Å². The SMILES string of the molecule is N#C[C@@H]1CC[C@@H](N(OCc2ccccc2)C(=O)Oc2ccccc2)CN1CC(=O)O. The van der Waals surface area contributed by atoms with Gasteiger partial charge in [-0.2, -0.15) is 10.3 Å². The predicted octanol–water partition coefficient (Wildman–Crippen LogP) is 3.06. The maximum Gasteiger partial charge on any atom is 0.439 e. The van der Waals surface area contributed by atoms with Crippen molar-refractivity contribution in [2.45, 2.75) is 31.5 Å². The summed E-state index contributed by atoms with van der Waals surface area (Å²) in [5.41, 5.74) is 0.878. The number of carboxylic acid groups (broad SMARTS) is 1. The van der Waals surface area contributed by atoms with E-state index in [1.807, 2.05) is 36.4 Å². The third kappa shape index (κ3) is 5.80. The van der Waals surface area contributed by atoms with Crippen molar-refractivity contribution in [3.63, 3.8) is 0 Å². The number of hydrogen-bond donors (Lipinski definition) is 1. The van der Waals surface area contributed by atoms with Crippen LogP contribution < -0.4 is 4.74 Å². The maximum absolute atomic E-state index is 12.9. The van der Waals surface area contributed by atoms with Crippen molar-refractivity contribution in [3.8, 4) is 11.8 Å². The maximum atomic E-state index is 12.9. The van der Waals surface area contributed by atoms with E-state index >= 15 is 0 Å². The minimum atomic E-state index is -1.03. The number of piperidine rings is 1. The molecule has 156 valence electrons. The summed E-state index contributed by atoms with van der Waals surface area (Å²) in [5.74, 6) is -0.650. The molecule has 0 radical (unpaired) electrons. The van der Waals surface area contributed by atoms with Gasteiger partial charge in [0.15, 0.2) is 0 Å². The molecule has 1 aliphatic heterocycles. The molecular weight excluding hydrogens is 386 g/mol. The standard InChI is InChI=1S/C22H23N3O5/c23-13-18-11-12-19(14-24(18)15-21(26)27)25(29-16-17-7-3-1-4-8-17)22(28)30-20-9-5-2-6-10-20/h1-10,18-19H,11-12,14-16H2,(H,26,27)/t18-,19+/m0/s1. The van der Waals surface area contributed by atoms with Crippen LogP contribution >= 0.6 is 0 Å². The Balaban J connectivity index is 1.76. The zero-order valence-electron chi connectivity index (χ0n) is 16.4. The smallest absolute Gasteiger partial charge is 0.439 e. The molecule has 1 saturated heterocycles. The van der Waals surface area contributed by atoms with E-state index in [0.717, 1.165) is 5.56 Å². The summed E-state index contributed by atoms with van der Waals surface area (Å²) in [6, 6.07) is 19.2. The molecule has 1 fully saturated rings. The summed E-state index contributed by atoms with van der Waals surface area (Å²) < 4.78 is 5.45. The number of carbonyl (C=O) groups is 2. The molecule has 1 amide bonds. The topological polar surface area (TPSA) is 103 Å². The second-order valence-electron chi connectivity index (χ2n) is 6.97. The molecule has 1 aliphatic rings. The van der Waals surface area contributed by atoms with Gasteiger partial charge in [0.2, 0.25) is 0 Å². The average molecular weight is 409 g/mol. The summed E-state index contributed by atoms with van der Waals surface area (Å²) in [6.07, 6.45) is 0.235. The zero-order chi connectivity index (χ0) is 21.3. The molecule has 1 heterocycles. The van der Waals surface area contributed by atoms with E-state index in [0.29, 0.717) is 18.6 Å². The van der Waals surface area contributed by atoms with Gasteiger partial charge >= 0.3 is 12.1 Å². The van der Waals surface area contributed by atoms with Crippen LogP contribution in [0.25, 0.3) is 0 Å². The molecule has 1 N–H and O–H groups in total. The Bertz CT molecular complexity index is 885. The predicted molar refractivity (Wildman–Crippen MR) is 107 cm³/mol. The Morgan fingerprint density at radius 3 is 2.40 bits per heavy atom. The van der Waals surface area contributed by atoms with Gasteiger partial charge in [0.25, 0.3) is 0 Å². The number of hydrogen-bond acceptors (Lipinski definition) is 6. The van der Waals surface area contributed by atoms with Crippen LogP contribution in [-0.2, 0) is 16.2 Å². The van der Waals surface area contributed by atoms with Gasteiger partial charge in [-0.3, -0.25) is 14.5 Å². The van der Waals surface area contributed by atoms with Crippen molar-refractivity contribution in [1.29, 1.82) is 5.26 Å². The lowest BCUT2D eigenvalue weighted by atomic mass is 9.99. The molecule has 2 aromatic rings. The number of hydroxylamine groups is 2. The highest BCUT2D eigenvalue weighted by atomic mass is 16.7. The monoisotopic (exact) mass is 409 g/mol. The van der Waals surface area contributed by atoms with E-state index < -0.39 is 24.1 Å². The fourth-order valence-electron chi connectivity index (χ4n) is 3.37. The number of nitrogens with zero attached hydrogens (tertiary/aromatic N) is 3. The lowest BCUT2D eigenvalue weighted by Gasteiger charge is -2.39. The van der Waals surface area contributed by atoms with Gasteiger partial charge in [-0.1, -0.05) is 48.5 Å². The van der Waals surface area contributed by atoms with Crippen LogP contribution in [0.1, 0.15) is 18.4 Å². The molecule has 2 aromatic carbocycles. The lowest BCUT2D eigenvalue weighted by Crippen LogP contribution is -2.54. The first-order valence-corrected chi connectivity index (χ1v) is 9.65. The van der Waals surface area contributed by atoms with Gasteiger partial charge in [0.1, 0.15) is 12.4 Å². The van der Waals surface area contributed by atoms with Crippen LogP contribution in [0.2, 0.25) is 0 Å². The molecule has 2 atom stereocenters. The summed E-state index contributed by atoms with van der Waals surface area (Å²) >= 11 is 0. The van der Waals surface area contributed by atoms with Crippen LogP contribution in [0.3, 0.4) is 0 Å². The number of aliphatic carboxylic acids is 1. The Morgan fingerprint density at radius 1 is 1.10 bits per heavy atom. The molecule has 30 heavy (non-hydrogen) atoms. The summed E-state index contributed by atoms with van der Waals surface area (Å²) in [7, 11) is 0. The van der Waals surface area contributed by atoms with Crippen molar-refractivity contribution in [2.24, 2.45) is 0 Å². The van der Waals surface area contributed by atoms with Crippen LogP contribution in [0, 0.1) is 11.3 Å². The number of benzene rings is 2. The van der Waals surface area contributed by atoms with E-state index in [9.17, 15) is 20.0 Å². The van der Waals surface area contributed by atoms with Crippen molar-refractivity contribution in [2.75, 3.05) is 13.1 Å². The number of likely N-dealkylation sites (tertiary alicyclic amines) is 1. The van der Waals surface area contributed by atoms with E-state index in [2.05, 4.69) is 6.07 Å². The molecule has 0 bridgehead atoms. The fraction of sp³-hybridized carbons (Fsp3) is 0.318. The van der Waals surface area contributed by atoms with E-state index in [1.165, 1.54) is 5.06 Å². The minimum absolute atomic E-state index is 0.155. The van der Waals surface area contributed by atoms with Crippen LogP contribution in [-0.4, -0.2) is 52.3 Å². The molecular formula is C22H23N3O5. The zero-order valence-corrected chi connectivity index (χ0v) is 16.4. The Morgan fingerprint density at radius 2 is 1.77 bits per heavy atom. The van der Waals surface area contributed by atoms with Gasteiger partial charge in [-0.15, -0.1) is 0 Å². The van der Waals surface area contributed by atoms with Crippen molar-refractivity contribution in [3.05, 3.63) is 66.2 Å². The third-order valence-corrected chi connectivity index (χ3v) is 4.82. The average Bonchev–Trinajstić information content (AvgIpc) is 2.75. The first-order chi connectivity index (χ1) is 14.6. The van der Waals surface area contributed by atoms with Crippen LogP contribution in [0.4, 0.5) is 4.79 Å². The minimum Gasteiger partial charge on any atom is -0.480 e. The highest BCUT2D eigenvalue weighted by Gasteiger charge is 2.36. The van der Waals surface area contributed by atoms with Gasteiger partial charge < -0.3 is 9.84 Å². The highest BCUT2D eigenvalue weighted by Crippen LogP contribution is 2.23. The normalized spacial score (nSPS) is 18.9. The second-order valence-corrected chi connectivity index (χ2v) is 6.97. The second kappa shape index (κ2) is 10.4. The Hall–Kier alpha value is -3.41. The number of carboxylic acids is 1. The first-order valence-electron chi connectivity index (χ1n) is 9.65. The first kappa shape index (κ1) is 21.3.